The van der Waals surface area contributed by atoms with E-state index in [-0.39, 0.29) is 5.82 Å². The van der Waals surface area contributed by atoms with Crippen molar-refractivity contribution in [2.75, 3.05) is 0 Å². The van der Waals surface area contributed by atoms with Gasteiger partial charge in [0.05, 0.1) is 5.41 Å². The standard InChI is InChI=1S/C31H20Cl3N3/c1-2-27-35-28(37-29(36-27)31(32,33)34)18-15-16-22-21-11-5-8-14-25(21)30(26(22)17-18)23-12-6-3-9-19(23)20-10-4-7-13-24(20)30/h3-17H,2H2,1H3. The molecular formula is C31H20Cl3N3. The molecule has 0 N–H and O–H groups in total. The number of fused-ring (bicyclic) bond motifs is 10. The summed E-state index contributed by atoms with van der Waals surface area (Å²) in [7, 11) is 0. The molecular weight excluding hydrogens is 521 g/mol. The summed E-state index contributed by atoms with van der Waals surface area (Å²) in [5, 5.41) is 0. The van der Waals surface area contributed by atoms with Gasteiger partial charge in [-0.1, -0.05) is 127 Å². The first-order valence-electron chi connectivity index (χ1n) is 12.2. The Bertz CT molecular complexity index is 1660. The lowest BCUT2D eigenvalue weighted by molar-refractivity contribution is 0.793. The van der Waals surface area contributed by atoms with Crippen LogP contribution in [0.5, 0.6) is 0 Å². The largest absolute Gasteiger partial charge is 0.250 e. The minimum atomic E-state index is -1.74. The second-order valence-electron chi connectivity index (χ2n) is 9.40. The predicted octanol–water partition coefficient (Wildman–Crippen LogP) is 8.27. The number of alkyl halides is 3. The first-order chi connectivity index (χ1) is 17.9. The quantitative estimate of drug-likeness (QED) is 0.207. The van der Waals surface area contributed by atoms with Crippen LogP contribution in [-0.2, 0) is 15.6 Å². The Morgan fingerprint density at radius 3 is 1.65 bits per heavy atom. The highest BCUT2D eigenvalue weighted by Gasteiger charge is 2.51. The number of aromatic nitrogens is 3. The van der Waals surface area contributed by atoms with Gasteiger partial charge in [-0.15, -0.1) is 0 Å². The van der Waals surface area contributed by atoms with Crippen LogP contribution < -0.4 is 0 Å². The van der Waals surface area contributed by atoms with Crippen molar-refractivity contribution in [1.82, 2.24) is 15.0 Å². The Morgan fingerprint density at radius 2 is 1.14 bits per heavy atom. The lowest BCUT2D eigenvalue weighted by Crippen LogP contribution is -2.25. The molecule has 0 atom stereocenters. The van der Waals surface area contributed by atoms with E-state index in [2.05, 4.69) is 101 Å². The van der Waals surface area contributed by atoms with E-state index in [1.807, 2.05) is 6.92 Å². The van der Waals surface area contributed by atoms with Crippen molar-refractivity contribution in [3.8, 4) is 33.6 Å². The number of hydrogen-bond donors (Lipinski definition) is 0. The average molecular weight is 541 g/mol. The first-order valence-corrected chi connectivity index (χ1v) is 13.3. The third-order valence-corrected chi connectivity index (χ3v) is 8.01. The van der Waals surface area contributed by atoms with E-state index in [0.717, 1.165) is 5.56 Å². The summed E-state index contributed by atoms with van der Waals surface area (Å²) in [6, 6.07) is 32.6. The zero-order chi connectivity index (χ0) is 25.4. The molecule has 0 bridgehead atoms. The van der Waals surface area contributed by atoms with Crippen LogP contribution in [0.15, 0.2) is 91.0 Å². The molecule has 0 saturated carbocycles. The third kappa shape index (κ3) is 3.18. The van der Waals surface area contributed by atoms with Gasteiger partial charge in [-0.25, -0.2) is 15.0 Å². The van der Waals surface area contributed by atoms with Crippen molar-refractivity contribution >= 4 is 34.8 Å². The highest BCUT2D eigenvalue weighted by Crippen LogP contribution is 2.62. The number of nitrogens with zero attached hydrogens (tertiary/aromatic N) is 3. The highest BCUT2D eigenvalue weighted by molar-refractivity contribution is 6.66. The van der Waals surface area contributed by atoms with E-state index in [4.69, 9.17) is 39.8 Å². The van der Waals surface area contributed by atoms with Gasteiger partial charge in [-0.05, 0) is 50.6 Å². The van der Waals surface area contributed by atoms with Crippen molar-refractivity contribution < 1.29 is 0 Å². The molecule has 0 aliphatic heterocycles. The van der Waals surface area contributed by atoms with E-state index in [1.165, 1.54) is 44.5 Å². The maximum absolute atomic E-state index is 6.19. The summed E-state index contributed by atoms with van der Waals surface area (Å²) < 4.78 is -1.74. The Labute approximate surface area is 230 Å². The molecule has 180 valence electrons. The van der Waals surface area contributed by atoms with Gasteiger partial charge >= 0.3 is 0 Å². The summed E-state index contributed by atoms with van der Waals surface area (Å²) in [5.41, 5.74) is 10.5. The topological polar surface area (TPSA) is 38.7 Å². The molecule has 5 aromatic rings. The second kappa shape index (κ2) is 8.13. The third-order valence-electron chi connectivity index (χ3n) is 7.51. The molecule has 1 spiro atoms. The lowest BCUT2D eigenvalue weighted by Gasteiger charge is -2.30. The number of hydrogen-bond acceptors (Lipinski definition) is 3. The summed E-state index contributed by atoms with van der Waals surface area (Å²) >= 11 is 18.6. The summed E-state index contributed by atoms with van der Waals surface area (Å²) in [5.74, 6) is 1.22. The number of rotatable bonds is 2. The van der Waals surface area contributed by atoms with E-state index in [9.17, 15) is 0 Å². The van der Waals surface area contributed by atoms with Crippen LogP contribution in [0, 0.1) is 0 Å². The molecule has 7 rings (SSSR count). The molecule has 0 amide bonds. The molecule has 37 heavy (non-hydrogen) atoms. The molecule has 2 aliphatic carbocycles. The van der Waals surface area contributed by atoms with Crippen molar-refractivity contribution in [1.29, 1.82) is 0 Å². The summed E-state index contributed by atoms with van der Waals surface area (Å²) in [4.78, 5) is 13.7. The Balaban J connectivity index is 1.55. The van der Waals surface area contributed by atoms with Crippen molar-refractivity contribution in [3.63, 3.8) is 0 Å². The molecule has 0 saturated heterocycles. The minimum Gasteiger partial charge on any atom is -0.213 e. The SMILES string of the molecule is CCc1nc(-c2ccc3c(c2)C2(c4ccccc4-c4ccccc42)c2ccccc2-3)nc(C(Cl)(Cl)Cl)n1. The van der Waals surface area contributed by atoms with Crippen molar-refractivity contribution in [3.05, 3.63) is 125 Å². The molecule has 6 heteroatoms. The predicted molar refractivity (Wildman–Crippen MR) is 150 cm³/mol. The molecule has 0 radical (unpaired) electrons. The van der Waals surface area contributed by atoms with Crippen LogP contribution >= 0.6 is 34.8 Å². The normalized spacial score (nSPS) is 14.3. The van der Waals surface area contributed by atoms with Gasteiger partial charge in [0, 0.05) is 12.0 Å². The number of aryl methyl sites for hydroxylation is 1. The Morgan fingerprint density at radius 1 is 0.622 bits per heavy atom. The molecule has 1 aromatic heterocycles. The summed E-state index contributed by atoms with van der Waals surface area (Å²) in [6.07, 6.45) is 0.602. The van der Waals surface area contributed by atoms with Crippen LogP contribution in [0.4, 0.5) is 0 Å². The number of benzene rings is 4. The smallest absolute Gasteiger partial charge is 0.213 e. The first kappa shape index (κ1) is 22.9. The van der Waals surface area contributed by atoms with Crippen LogP contribution in [-0.4, -0.2) is 15.0 Å². The zero-order valence-electron chi connectivity index (χ0n) is 19.8. The van der Waals surface area contributed by atoms with Crippen LogP contribution in [0.3, 0.4) is 0 Å². The van der Waals surface area contributed by atoms with Gasteiger partial charge < -0.3 is 0 Å². The second-order valence-corrected chi connectivity index (χ2v) is 11.7. The number of halogens is 3. The van der Waals surface area contributed by atoms with E-state index in [0.29, 0.717) is 18.1 Å². The van der Waals surface area contributed by atoms with Gasteiger partial charge in [-0.3, -0.25) is 0 Å². The maximum Gasteiger partial charge on any atom is 0.250 e. The monoisotopic (exact) mass is 539 g/mol. The zero-order valence-corrected chi connectivity index (χ0v) is 22.1. The fourth-order valence-corrected chi connectivity index (χ4v) is 6.32. The van der Waals surface area contributed by atoms with Gasteiger partial charge in [0.15, 0.2) is 11.6 Å². The summed E-state index contributed by atoms with van der Waals surface area (Å²) in [6.45, 7) is 1.97. The molecule has 4 aromatic carbocycles. The minimum absolute atomic E-state index is 0.134. The highest BCUT2D eigenvalue weighted by atomic mass is 35.6. The Kier molecular flexibility index (Phi) is 5.04. The lowest BCUT2D eigenvalue weighted by atomic mass is 9.70. The van der Waals surface area contributed by atoms with Crippen LogP contribution in [0.1, 0.15) is 40.8 Å². The van der Waals surface area contributed by atoms with E-state index in [1.54, 1.807) is 0 Å². The van der Waals surface area contributed by atoms with Crippen molar-refractivity contribution in [2.24, 2.45) is 0 Å². The van der Waals surface area contributed by atoms with E-state index >= 15 is 0 Å². The fourth-order valence-electron chi connectivity index (χ4n) is 6.07. The molecule has 3 nitrogen and oxygen atoms in total. The molecule has 0 fully saturated rings. The van der Waals surface area contributed by atoms with Crippen molar-refractivity contribution in [2.45, 2.75) is 22.6 Å². The van der Waals surface area contributed by atoms with Gasteiger partial charge in [-0.2, -0.15) is 0 Å². The molecule has 1 heterocycles. The van der Waals surface area contributed by atoms with Crippen LogP contribution in [0.2, 0.25) is 0 Å². The van der Waals surface area contributed by atoms with Gasteiger partial charge in [0.25, 0.3) is 0 Å². The van der Waals surface area contributed by atoms with Gasteiger partial charge in [0.1, 0.15) is 5.82 Å². The molecule has 0 unspecified atom stereocenters. The maximum atomic E-state index is 6.19. The van der Waals surface area contributed by atoms with Gasteiger partial charge in [0.2, 0.25) is 3.79 Å². The van der Waals surface area contributed by atoms with E-state index < -0.39 is 9.21 Å². The molecule has 2 aliphatic rings. The fraction of sp³-hybridized carbons (Fsp3) is 0.129. The average Bonchev–Trinajstić information content (AvgIpc) is 3.39. The Hall–Kier alpha value is -3.24. The van der Waals surface area contributed by atoms with Crippen LogP contribution in [0.25, 0.3) is 33.6 Å².